The third-order valence-corrected chi connectivity index (χ3v) is 4.29. The van der Waals surface area contributed by atoms with Gasteiger partial charge in [0.2, 0.25) is 0 Å². The van der Waals surface area contributed by atoms with Gasteiger partial charge in [-0.05, 0) is 6.07 Å². The first-order chi connectivity index (χ1) is 11.7. The third-order valence-electron chi connectivity index (χ3n) is 3.96. The maximum atomic E-state index is 13.1. The second-order valence-electron chi connectivity index (χ2n) is 5.70. The number of alkyl halides is 4. The van der Waals surface area contributed by atoms with Crippen molar-refractivity contribution in [1.29, 1.82) is 0 Å². The van der Waals surface area contributed by atoms with Crippen molar-refractivity contribution in [2.45, 2.75) is 12.3 Å². The molecular weight excluding hydrogens is 366 g/mol. The second kappa shape index (κ2) is 7.65. The number of anilines is 1. The SMILES string of the molecule is COc1cc(N)c(Cl)cc1C(=O)N1CCN(CC(F)(F)C(F)F)CC1. The van der Waals surface area contributed by atoms with E-state index in [0.29, 0.717) is 0 Å². The number of nitrogens with two attached hydrogens (primary N) is 1. The summed E-state index contributed by atoms with van der Waals surface area (Å²) >= 11 is 5.94. The molecule has 2 N–H and O–H groups in total. The number of carbonyl (C=O) groups excluding carboxylic acids is 1. The average molecular weight is 384 g/mol. The summed E-state index contributed by atoms with van der Waals surface area (Å²) in [5.41, 5.74) is 6.13. The van der Waals surface area contributed by atoms with E-state index in [4.69, 9.17) is 22.1 Å². The Balaban J connectivity index is 2.04. The Morgan fingerprint density at radius 3 is 2.44 bits per heavy atom. The summed E-state index contributed by atoms with van der Waals surface area (Å²) in [5, 5.41) is 0.194. The highest BCUT2D eigenvalue weighted by Crippen LogP contribution is 2.30. The van der Waals surface area contributed by atoms with E-state index in [1.807, 2.05) is 0 Å². The van der Waals surface area contributed by atoms with E-state index in [2.05, 4.69) is 0 Å². The highest BCUT2D eigenvalue weighted by molar-refractivity contribution is 6.33. The van der Waals surface area contributed by atoms with Crippen LogP contribution in [0.2, 0.25) is 5.02 Å². The topological polar surface area (TPSA) is 58.8 Å². The van der Waals surface area contributed by atoms with E-state index in [-0.39, 0.29) is 54.1 Å². The van der Waals surface area contributed by atoms with Crippen molar-refractivity contribution >= 4 is 23.2 Å². The maximum Gasteiger partial charge on any atom is 0.319 e. The Bertz CT molecular complexity index is 637. The molecule has 1 saturated heterocycles. The molecule has 1 aliphatic heterocycles. The van der Waals surface area contributed by atoms with Crippen molar-refractivity contribution in [3.05, 3.63) is 22.7 Å². The molecule has 2 rings (SSSR count). The first kappa shape index (κ1) is 19.6. The number of hydrogen-bond acceptors (Lipinski definition) is 4. The number of halogens is 5. The molecule has 0 aliphatic carbocycles. The van der Waals surface area contributed by atoms with Crippen LogP contribution in [0.4, 0.5) is 23.2 Å². The van der Waals surface area contributed by atoms with Crippen LogP contribution in [0, 0.1) is 0 Å². The van der Waals surface area contributed by atoms with Crippen molar-refractivity contribution in [3.8, 4) is 5.75 Å². The number of methoxy groups -OCH3 is 1. The molecule has 0 aromatic heterocycles. The minimum atomic E-state index is -4.07. The van der Waals surface area contributed by atoms with E-state index in [1.165, 1.54) is 29.0 Å². The van der Waals surface area contributed by atoms with Crippen LogP contribution < -0.4 is 10.5 Å². The first-order valence-electron chi connectivity index (χ1n) is 7.46. The molecule has 1 heterocycles. The quantitative estimate of drug-likeness (QED) is 0.627. The van der Waals surface area contributed by atoms with Crippen LogP contribution in [0.1, 0.15) is 10.4 Å². The molecule has 1 aromatic carbocycles. The highest BCUT2D eigenvalue weighted by Gasteiger charge is 2.42. The molecule has 0 bridgehead atoms. The summed E-state index contributed by atoms with van der Waals surface area (Å²) in [6.07, 6.45) is -3.71. The van der Waals surface area contributed by atoms with Crippen molar-refractivity contribution in [3.63, 3.8) is 0 Å². The molecule has 0 saturated carbocycles. The lowest BCUT2D eigenvalue weighted by molar-refractivity contribution is -0.144. The van der Waals surface area contributed by atoms with Gasteiger partial charge in [0, 0.05) is 32.2 Å². The van der Waals surface area contributed by atoms with E-state index in [0.717, 1.165) is 0 Å². The van der Waals surface area contributed by atoms with Crippen LogP contribution in [0.3, 0.4) is 0 Å². The van der Waals surface area contributed by atoms with Gasteiger partial charge < -0.3 is 15.4 Å². The monoisotopic (exact) mass is 383 g/mol. The van der Waals surface area contributed by atoms with Crippen LogP contribution in [0.25, 0.3) is 0 Å². The molecule has 0 unspecified atom stereocenters. The van der Waals surface area contributed by atoms with E-state index >= 15 is 0 Å². The molecule has 10 heteroatoms. The summed E-state index contributed by atoms with van der Waals surface area (Å²) in [5.74, 6) is -4.21. The Kier molecular flexibility index (Phi) is 5.99. The van der Waals surface area contributed by atoms with Crippen molar-refractivity contribution in [2.75, 3.05) is 45.6 Å². The maximum absolute atomic E-state index is 13.1. The molecule has 1 aromatic rings. The van der Waals surface area contributed by atoms with Gasteiger partial charge in [0.25, 0.3) is 5.91 Å². The Morgan fingerprint density at radius 2 is 1.92 bits per heavy atom. The largest absolute Gasteiger partial charge is 0.496 e. The lowest BCUT2D eigenvalue weighted by atomic mass is 10.1. The fraction of sp³-hybridized carbons (Fsp3) is 0.533. The van der Waals surface area contributed by atoms with Gasteiger partial charge in [-0.25, -0.2) is 8.78 Å². The van der Waals surface area contributed by atoms with E-state index < -0.39 is 18.9 Å². The summed E-state index contributed by atoms with van der Waals surface area (Å²) in [6.45, 7) is -0.644. The normalized spacial score (nSPS) is 16.4. The molecule has 0 atom stereocenters. The Labute approximate surface area is 147 Å². The van der Waals surface area contributed by atoms with Crippen LogP contribution in [-0.2, 0) is 0 Å². The second-order valence-corrected chi connectivity index (χ2v) is 6.11. The standard InChI is InChI=1S/C15H18ClF4N3O2/c1-25-12-7-11(21)10(16)6-9(12)13(24)23-4-2-22(3-5-23)8-15(19,20)14(17)18/h6-7,14H,2-5,8,21H2,1H3. The average Bonchev–Trinajstić information content (AvgIpc) is 2.56. The Morgan fingerprint density at radius 1 is 1.32 bits per heavy atom. The fourth-order valence-corrected chi connectivity index (χ4v) is 2.72. The first-order valence-corrected chi connectivity index (χ1v) is 7.84. The highest BCUT2D eigenvalue weighted by atomic mass is 35.5. The minimum absolute atomic E-state index is 0.0685. The number of amides is 1. The van der Waals surface area contributed by atoms with Crippen molar-refractivity contribution in [2.24, 2.45) is 0 Å². The van der Waals surface area contributed by atoms with Crippen LogP contribution >= 0.6 is 11.6 Å². The summed E-state index contributed by atoms with van der Waals surface area (Å²) < 4.78 is 55.9. The smallest absolute Gasteiger partial charge is 0.319 e. The lowest BCUT2D eigenvalue weighted by Gasteiger charge is -2.36. The molecule has 1 amide bonds. The van der Waals surface area contributed by atoms with Gasteiger partial charge >= 0.3 is 12.3 Å². The van der Waals surface area contributed by atoms with E-state index in [9.17, 15) is 22.4 Å². The zero-order chi connectivity index (χ0) is 18.8. The van der Waals surface area contributed by atoms with Gasteiger partial charge in [-0.3, -0.25) is 9.69 Å². The van der Waals surface area contributed by atoms with Crippen molar-refractivity contribution in [1.82, 2.24) is 9.80 Å². The van der Waals surface area contributed by atoms with Gasteiger partial charge in [-0.1, -0.05) is 11.6 Å². The van der Waals surface area contributed by atoms with E-state index in [1.54, 1.807) is 0 Å². The van der Waals surface area contributed by atoms with Crippen LogP contribution in [0.5, 0.6) is 5.75 Å². The zero-order valence-electron chi connectivity index (χ0n) is 13.4. The number of piperazine rings is 1. The molecule has 1 aliphatic rings. The lowest BCUT2D eigenvalue weighted by Crippen LogP contribution is -2.52. The van der Waals surface area contributed by atoms with Crippen LogP contribution in [-0.4, -0.2) is 67.9 Å². The van der Waals surface area contributed by atoms with Crippen molar-refractivity contribution < 1.29 is 27.1 Å². The molecule has 140 valence electrons. The predicted octanol–water partition coefficient (Wildman–Crippen LogP) is 2.59. The minimum Gasteiger partial charge on any atom is -0.496 e. The van der Waals surface area contributed by atoms with Crippen LogP contribution in [0.15, 0.2) is 12.1 Å². The Hall–Kier alpha value is -1.74. The summed E-state index contributed by atoms with van der Waals surface area (Å²) in [4.78, 5) is 15.2. The number of ether oxygens (including phenoxy) is 1. The summed E-state index contributed by atoms with van der Waals surface area (Å²) in [7, 11) is 1.38. The van der Waals surface area contributed by atoms with Gasteiger partial charge in [-0.15, -0.1) is 0 Å². The molecular formula is C15H18ClF4N3O2. The number of carbonyl (C=O) groups is 1. The number of benzene rings is 1. The number of nitrogen functional groups attached to an aromatic ring is 1. The van der Waals surface area contributed by atoms with Gasteiger partial charge in [0.05, 0.1) is 29.9 Å². The molecule has 25 heavy (non-hydrogen) atoms. The summed E-state index contributed by atoms with van der Waals surface area (Å²) in [6, 6.07) is 2.81. The molecule has 5 nitrogen and oxygen atoms in total. The predicted molar refractivity (Wildman–Crippen MR) is 85.7 cm³/mol. The molecule has 0 radical (unpaired) electrons. The zero-order valence-corrected chi connectivity index (χ0v) is 14.2. The number of nitrogens with zero attached hydrogens (tertiary/aromatic N) is 2. The fourth-order valence-electron chi connectivity index (χ4n) is 2.55. The third kappa shape index (κ3) is 4.46. The molecule has 1 fully saturated rings. The molecule has 0 spiro atoms. The van der Waals surface area contributed by atoms with Gasteiger partial charge in [0.15, 0.2) is 0 Å². The number of hydrogen-bond donors (Lipinski definition) is 1. The van der Waals surface area contributed by atoms with Gasteiger partial charge in [0.1, 0.15) is 5.75 Å². The number of rotatable bonds is 5. The van der Waals surface area contributed by atoms with Gasteiger partial charge in [-0.2, -0.15) is 8.78 Å².